The van der Waals surface area contributed by atoms with E-state index in [0.717, 1.165) is 42.0 Å². The highest BCUT2D eigenvalue weighted by molar-refractivity contribution is 6.01. The number of hydrogen-bond donors (Lipinski definition) is 1. The molecule has 7 heteroatoms. The van der Waals surface area contributed by atoms with Crippen LogP contribution in [-0.4, -0.2) is 49.7 Å². The van der Waals surface area contributed by atoms with Gasteiger partial charge in [0.25, 0.3) is 0 Å². The summed E-state index contributed by atoms with van der Waals surface area (Å²) in [7, 11) is 3.59. The van der Waals surface area contributed by atoms with Crippen LogP contribution in [0, 0.1) is 17.3 Å². The number of nitrogens with zero attached hydrogens (tertiary/aromatic N) is 2. The van der Waals surface area contributed by atoms with E-state index in [2.05, 4.69) is 29.6 Å². The number of likely N-dealkylation sites (tertiary alicyclic amines) is 1. The van der Waals surface area contributed by atoms with Crippen LogP contribution in [0.2, 0.25) is 0 Å². The topological polar surface area (TPSA) is 71.1 Å². The second-order valence-electron chi connectivity index (χ2n) is 12.3. The Kier molecular flexibility index (Phi) is 5.57. The van der Waals surface area contributed by atoms with E-state index in [1.54, 1.807) is 7.11 Å². The molecule has 2 aliphatic carbocycles. The molecule has 3 fully saturated rings. The maximum absolute atomic E-state index is 13.2. The van der Waals surface area contributed by atoms with Gasteiger partial charge in [0, 0.05) is 49.3 Å². The first kappa shape index (κ1) is 24.3. The third-order valence-electron chi connectivity index (χ3n) is 8.69. The van der Waals surface area contributed by atoms with Crippen molar-refractivity contribution < 1.29 is 19.1 Å². The zero-order valence-electron chi connectivity index (χ0n) is 22.4. The van der Waals surface area contributed by atoms with Gasteiger partial charge in [-0.15, -0.1) is 0 Å². The molecule has 0 spiro atoms. The fourth-order valence-electron chi connectivity index (χ4n) is 6.75. The first-order valence-corrected chi connectivity index (χ1v) is 13.4. The Morgan fingerprint density at radius 1 is 1.16 bits per heavy atom. The van der Waals surface area contributed by atoms with Gasteiger partial charge in [-0.1, -0.05) is 30.3 Å². The summed E-state index contributed by atoms with van der Waals surface area (Å²) in [6.45, 7) is 7.88. The summed E-state index contributed by atoms with van der Waals surface area (Å²) < 4.78 is 11.6. The maximum atomic E-state index is 13.2. The van der Waals surface area contributed by atoms with E-state index in [0.29, 0.717) is 24.9 Å². The number of amides is 2. The first-order chi connectivity index (χ1) is 17.6. The van der Waals surface area contributed by atoms with Crippen molar-refractivity contribution in [1.29, 1.82) is 0 Å². The Bertz CT molecular complexity index is 1240. The monoisotopic (exact) mass is 503 g/mol. The highest BCUT2D eigenvalue weighted by Gasteiger charge is 2.67. The number of rotatable bonds is 6. The molecule has 0 radical (unpaired) electrons. The van der Waals surface area contributed by atoms with Gasteiger partial charge >= 0.3 is 6.09 Å². The Morgan fingerprint density at radius 3 is 2.62 bits per heavy atom. The van der Waals surface area contributed by atoms with Crippen molar-refractivity contribution in [2.75, 3.05) is 32.1 Å². The minimum Gasteiger partial charge on any atom is -0.496 e. The van der Waals surface area contributed by atoms with E-state index in [4.69, 9.17) is 9.47 Å². The summed E-state index contributed by atoms with van der Waals surface area (Å²) in [6.07, 6.45) is 1.78. The van der Waals surface area contributed by atoms with Gasteiger partial charge in [-0.05, 0) is 68.7 Å². The zero-order valence-corrected chi connectivity index (χ0v) is 22.4. The van der Waals surface area contributed by atoms with Crippen molar-refractivity contribution in [2.45, 2.75) is 57.7 Å². The Balaban J connectivity index is 1.22. The molecule has 37 heavy (non-hydrogen) atoms. The standard InChI is InChI=1S/C30H37N3O4/c1-29(2,3)37-28(35)33-16-20-14-30(20,26(33)18-9-7-6-8-10-18)17-31-15-19-11-24-22(13-25(19)36-5)21-12-23(21)27(34)32(24)4/h6-11,13,20-21,23,26,31H,12,14-17H2,1-5H3/t20-,21+,23?,26+,30+/m1/s1. The molecule has 7 nitrogen and oxygen atoms in total. The molecule has 1 saturated heterocycles. The number of methoxy groups -OCH3 is 1. The van der Waals surface area contributed by atoms with Gasteiger partial charge in [0.1, 0.15) is 11.4 Å². The van der Waals surface area contributed by atoms with Gasteiger partial charge < -0.3 is 24.6 Å². The summed E-state index contributed by atoms with van der Waals surface area (Å²) in [5.74, 6) is 2.01. The largest absolute Gasteiger partial charge is 0.496 e. The van der Waals surface area contributed by atoms with Gasteiger partial charge in [0.15, 0.2) is 0 Å². The molecule has 2 aliphatic heterocycles. The van der Waals surface area contributed by atoms with Crippen LogP contribution < -0.4 is 15.0 Å². The molecule has 4 aliphatic rings. The summed E-state index contributed by atoms with van der Waals surface area (Å²) in [4.78, 5) is 29.5. The number of piperidine rings is 1. The molecule has 6 rings (SSSR count). The maximum Gasteiger partial charge on any atom is 0.410 e. The number of carbonyl (C=O) groups excluding carboxylic acids is 2. The van der Waals surface area contributed by atoms with Gasteiger partial charge in [-0.3, -0.25) is 4.79 Å². The minimum atomic E-state index is -0.533. The predicted octanol–water partition coefficient (Wildman–Crippen LogP) is 4.86. The number of ether oxygens (including phenoxy) is 2. The average molecular weight is 504 g/mol. The molecular formula is C30H37N3O4. The summed E-state index contributed by atoms with van der Waals surface area (Å²) in [6, 6.07) is 14.6. The average Bonchev–Trinajstić information content (AvgIpc) is 3.77. The molecule has 1 unspecified atom stereocenters. The molecule has 2 heterocycles. The van der Waals surface area contributed by atoms with Gasteiger partial charge in [-0.25, -0.2) is 4.79 Å². The van der Waals surface area contributed by atoms with Crippen molar-refractivity contribution in [1.82, 2.24) is 10.2 Å². The smallest absolute Gasteiger partial charge is 0.410 e. The van der Waals surface area contributed by atoms with E-state index in [1.807, 2.05) is 55.8 Å². The molecule has 0 bridgehead atoms. The van der Waals surface area contributed by atoms with Crippen LogP contribution in [0.25, 0.3) is 0 Å². The van der Waals surface area contributed by atoms with Crippen LogP contribution in [0.3, 0.4) is 0 Å². The van der Waals surface area contributed by atoms with Crippen LogP contribution in [0.15, 0.2) is 42.5 Å². The Labute approximate surface area is 219 Å². The van der Waals surface area contributed by atoms with Crippen molar-refractivity contribution >= 4 is 17.7 Å². The second kappa shape index (κ2) is 8.48. The van der Waals surface area contributed by atoms with Gasteiger partial charge in [0.2, 0.25) is 5.91 Å². The molecule has 2 saturated carbocycles. The number of nitrogens with one attached hydrogen (secondary N) is 1. The van der Waals surface area contributed by atoms with E-state index < -0.39 is 5.60 Å². The first-order valence-electron chi connectivity index (χ1n) is 13.4. The lowest BCUT2D eigenvalue weighted by Crippen LogP contribution is -2.41. The molecule has 2 amide bonds. The molecule has 5 atom stereocenters. The van der Waals surface area contributed by atoms with Crippen molar-refractivity contribution in [3.05, 3.63) is 59.2 Å². The minimum absolute atomic E-state index is 0.0201. The van der Waals surface area contributed by atoms with Crippen LogP contribution in [-0.2, 0) is 16.1 Å². The SMILES string of the molecule is COc1cc2c(cc1CNC[C@@]13C[C@@H]1CN(C(=O)OC(C)(C)C)[C@H]3c1ccccc1)N(C)C(=O)C1C[C@@H]21. The van der Waals surface area contributed by atoms with Gasteiger partial charge in [0.05, 0.1) is 13.2 Å². The van der Waals surface area contributed by atoms with E-state index in [1.165, 1.54) is 5.56 Å². The van der Waals surface area contributed by atoms with Crippen LogP contribution in [0.4, 0.5) is 10.5 Å². The lowest BCUT2D eigenvalue weighted by atomic mass is 9.89. The highest BCUT2D eigenvalue weighted by Crippen LogP contribution is 2.67. The molecular weight excluding hydrogens is 466 g/mol. The number of anilines is 1. The quantitative estimate of drug-likeness (QED) is 0.610. The normalized spacial score (nSPS) is 29.4. The highest BCUT2D eigenvalue weighted by atomic mass is 16.6. The van der Waals surface area contributed by atoms with E-state index >= 15 is 0 Å². The van der Waals surface area contributed by atoms with Crippen LogP contribution >= 0.6 is 0 Å². The van der Waals surface area contributed by atoms with Gasteiger partial charge in [-0.2, -0.15) is 0 Å². The van der Waals surface area contributed by atoms with E-state index in [9.17, 15) is 9.59 Å². The summed E-state index contributed by atoms with van der Waals surface area (Å²) >= 11 is 0. The predicted molar refractivity (Wildman–Crippen MR) is 142 cm³/mol. The third kappa shape index (κ3) is 4.08. The number of carbonyl (C=O) groups is 2. The molecule has 196 valence electrons. The summed E-state index contributed by atoms with van der Waals surface area (Å²) in [5.41, 5.74) is 3.87. The molecule has 2 aromatic rings. The fraction of sp³-hybridized carbons (Fsp3) is 0.533. The zero-order chi connectivity index (χ0) is 26.1. The Morgan fingerprint density at radius 2 is 1.92 bits per heavy atom. The molecule has 1 N–H and O–H groups in total. The number of benzene rings is 2. The molecule has 2 aromatic carbocycles. The second-order valence-corrected chi connectivity index (χ2v) is 12.3. The Hall–Kier alpha value is -3.06. The lowest BCUT2D eigenvalue weighted by molar-refractivity contribution is -0.119. The molecule has 0 aromatic heterocycles. The van der Waals surface area contributed by atoms with Crippen LogP contribution in [0.1, 0.15) is 62.3 Å². The number of fused-ring (bicyclic) bond motifs is 4. The number of hydrogen-bond acceptors (Lipinski definition) is 5. The van der Waals surface area contributed by atoms with Crippen LogP contribution in [0.5, 0.6) is 5.75 Å². The fourth-order valence-corrected chi connectivity index (χ4v) is 6.75. The van der Waals surface area contributed by atoms with E-state index in [-0.39, 0.29) is 29.4 Å². The van der Waals surface area contributed by atoms with Crippen molar-refractivity contribution in [3.63, 3.8) is 0 Å². The lowest BCUT2D eigenvalue weighted by Gasteiger charge is -2.34. The summed E-state index contributed by atoms with van der Waals surface area (Å²) in [5, 5.41) is 3.70. The third-order valence-corrected chi connectivity index (χ3v) is 8.69. The van der Waals surface area contributed by atoms with Crippen molar-refractivity contribution in [3.8, 4) is 5.75 Å². The van der Waals surface area contributed by atoms with Crippen molar-refractivity contribution in [2.24, 2.45) is 17.3 Å².